The molecule has 2 aliphatic heterocycles. The van der Waals surface area contributed by atoms with Gasteiger partial charge in [0.15, 0.2) is 0 Å². The molecule has 108 valence electrons. The monoisotopic (exact) mass is 384 g/mol. The summed E-state index contributed by atoms with van der Waals surface area (Å²) in [5.41, 5.74) is 1.32. The predicted octanol–water partition coefficient (Wildman–Crippen LogP) is 2.81. The zero-order chi connectivity index (χ0) is 14.1. The summed E-state index contributed by atoms with van der Waals surface area (Å²) in [6.45, 7) is 5.00. The van der Waals surface area contributed by atoms with Crippen molar-refractivity contribution in [3.63, 3.8) is 0 Å². The van der Waals surface area contributed by atoms with Crippen molar-refractivity contribution >= 4 is 28.5 Å². The van der Waals surface area contributed by atoms with Gasteiger partial charge in [-0.2, -0.15) is 0 Å². The van der Waals surface area contributed by atoms with E-state index in [2.05, 4.69) is 64.0 Å². The highest BCUT2D eigenvalue weighted by molar-refractivity contribution is 14.1. The average molecular weight is 384 g/mol. The van der Waals surface area contributed by atoms with Gasteiger partial charge in [0.25, 0.3) is 0 Å². The van der Waals surface area contributed by atoms with Gasteiger partial charge in [0.05, 0.1) is 6.04 Å². The van der Waals surface area contributed by atoms with Crippen LogP contribution in [0.25, 0.3) is 0 Å². The Morgan fingerprint density at radius 1 is 1.40 bits per heavy atom. The van der Waals surface area contributed by atoms with Crippen molar-refractivity contribution in [2.45, 2.75) is 25.8 Å². The molecule has 0 radical (unpaired) electrons. The van der Waals surface area contributed by atoms with Gasteiger partial charge in [0.1, 0.15) is 0 Å². The first-order chi connectivity index (χ1) is 9.68. The third-order valence-electron chi connectivity index (χ3n) is 4.71. The number of hydrogen-bond donors (Lipinski definition) is 1. The standard InChI is InChI=1S/C16H21IN2O/c1-11(12-9-18-10-12)16(20)19-8-4-7-15(19)13-5-2-3-6-14(13)17/h2-3,5-6,11-12,15,18H,4,7-10H2,1H3. The van der Waals surface area contributed by atoms with Crippen LogP contribution in [0.1, 0.15) is 31.4 Å². The van der Waals surface area contributed by atoms with Gasteiger partial charge >= 0.3 is 0 Å². The van der Waals surface area contributed by atoms with E-state index in [1.165, 1.54) is 9.13 Å². The number of carbonyl (C=O) groups is 1. The number of benzene rings is 1. The molecule has 1 aromatic carbocycles. The number of nitrogens with one attached hydrogen (secondary N) is 1. The van der Waals surface area contributed by atoms with E-state index in [0.29, 0.717) is 11.8 Å². The lowest BCUT2D eigenvalue weighted by atomic mass is 9.87. The minimum atomic E-state index is 0.151. The lowest BCUT2D eigenvalue weighted by Crippen LogP contribution is -2.50. The lowest BCUT2D eigenvalue weighted by Gasteiger charge is -2.36. The quantitative estimate of drug-likeness (QED) is 0.813. The van der Waals surface area contributed by atoms with Crippen LogP contribution in [-0.4, -0.2) is 30.4 Å². The van der Waals surface area contributed by atoms with Crippen LogP contribution in [0.2, 0.25) is 0 Å². The molecule has 2 heterocycles. The van der Waals surface area contributed by atoms with Crippen molar-refractivity contribution in [1.82, 2.24) is 10.2 Å². The molecule has 2 atom stereocenters. The zero-order valence-corrected chi connectivity index (χ0v) is 14.0. The highest BCUT2D eigenvalue weighted by Crippen LogP contribution is 2.36. The van der Waals surface area contributed by atoms with Crippen LogP contribution < -0.4 is 5.32 Å². The summed E-state index contributed by atoms with van der Waals surface area (Å²) in [7, 11) is 0. The van der Waals surface area contributed by atoms with Crippen molar-refractivity contribution in [2.75, 3.05) is 19.6 Å². The molecule has 0 saturated carbocycles. The van der Waals surface area contributed by atoms with E-state index >= 15 is 0 Å². The predicted molar refractivity (Wildman–Crippen MR) is 88.4 cm³/mol. The summed E-state index contributed by atoms with van der Waals surface area (Å²) in [5.74, 6) is 1.02. The third kappa shape index (κ3) is 2.60. The molecular weight excluding hydrogens is 363 g/mol. The molecule has 3 nitrogen and oxygen atoms in total. The normalized spacial score (nSPS) is 24.5. The Kier molecular flexibility index (Phi) is 4.31. The van der Waals surface area contributed by atoms with Crippen molar-refractivity contribution in [1.29, 1.82) is 0 Å². The van der Waals surface area contributed by atoms with E-state index in [4.69, 9.17) is 0 Å². The zero-order valence-electron chi connectivity index (χ0n) is 11.8. The van der Waals surface area contributed by atoms with Crippen LogP contribution in [0.15, 0.2) is 24.3 Å². The summed E-state index contributed by atoms with van der Waals surface area (Å²) >= 11 is 2.38. The summed E-state index contributed by atoms with van der Waals surface area (Å²) in [4.78, 5) is 14.9. The fraction of sp³-hybridized carbons (Fsp3) is 0.562. The van der Waals surface area contributed by atoms with Gasteiger partial charge in [-0.15, -0.1) is 0 Å². The Balaban J connectivity index is 1.78. The van der Waals surface area contributed by atoms with Crippen molar-refractivity contribution < 1.29 is 4.79 Å². The lowest BCUT2D eigenvalue weighted by molar-refractivity contribution is -0.138. The minimum Gasteiger partial charge on any atom is -0.335 e. The third-order valence-corrected chi connectivity index (χ3v) is 5.69. The molecule has 2 saturated heterocycles. The van der Waals surface area contributed by atoms with Crippen LogP contribution in [-0.2, 0) is 4.79 Å². The Hall–Kier alpha value is -0.620. The largest absolute Gasteiger partial charge is 0.335 e. The van der Waals surface area contributed by atoms with Gasteiger partial charge in [0.2, 0.25) is 5.91 Å². The molecule has 2 aliphatic rings. The Bertz CT molecular complexity index is 501. The first-order valence-corrected chi connectivity index (χ1v) is 8.52. The second kappa shape index (κ2) is 6.02. The molecular formula is C16H21IN2O. The van der Waals surface area contributed by atoms with Crippen LogP contribution in [0, 0.1) is 15.4 Å². The molecule has 0 aromatic heterocycles. The van der Waals surface area contributed by atoms with Gasteiger partial charge in [-0.05, 0) is 66.1 Å². The minimum absolute atomic E-state index is 0.151. The maximum Gasteiger partial charge on any atom is 0.226 e. The Morgan fingerprint density at radius 3 is 2.80 bits per heavy atom. The van der Waals surface area contributed by atoms with Gasteiger partial charge in [-0.1, -0.05) is 25.1 Å². The summed E-state index contributed by atoms with van der Waals surface area (Å²) in [5, 5.41) is 3.27. The van der Waals surface area contributed by atoms with Crippen molar-refractivity contribution in [3.8, 4) is 0 Å². The number of likely N-dealkylation sites (tertiary alicyclic amines) is 1. The molecule has 0 spiro atoms. The van der Waals surface area contributed by atoms with E-state index in [0.717, 1.165) is 32.5 Å². The van der Waals surface area contributed by atoms with Crippen molar-refractivity contribution in [3.05, 3.63) is 33.4 Å². The average Bonchev–Trinajstić information content (AvgIpc) is 2.85. The number of amides is 1. The maximum absolute atomic E-state index is 12.8. The molecule has 0 bridgehead atoms. The SMILES string of the molecule is CC(C(=O)N1CCCC1c1ccccc1I)C1CNC1. The first-order valence-electron chi connectivity index (χ1n) is 7.44. The highest BCUT2D eigenvalue weighted by atomic mass is 127. The van der Waals surface area contributed by atoms with Gasteiger partial charge < -0.3 is 10.2 Å². The van der Waals surface area contributed by atoms with Crippen LogP contribution in [0.5, 0.6) is 0 Å². The van der Waals surface area contributed by atoms with E-state index in [-0.39, 0.29) is 12.0 Å². The number of rotatable bonds is 3. The smallest absolute Gasteiger partial charge is 0.226 e. The van der Waals surface area contributed by atoms with E-state index in [1.54, 1.807) is 0 Å². The molecule has 4 heteroatoms. The molecule has 2 unspecified atom stereocenters. The number of hydrogen-bond acceptors (Lipinski definition) is 2. The second-order valence-electron chi connectivity index (χ2n) is 5.92. The second-order valence-corrected chi connectivity index (χ2v) is 7.08. The van der Waals surface area contributed by atoms with Crippen LogP contribution in [0.4, 0.5) is 0 Å². The van der Waals surface area contributed by atoms with Gasteiger partial charge in [-0.25, -0.2) is 0 Å². The number of halogens is 1. The number of nitrogens with zero attached hydrogens (tertiary/aromatic N) is 1. The Morgan fingerprint density at radius 2 is 2.15 bits per heavy atom. The first kappa shape index (κ1) is 14.3. The highest BCUT2D eigenvalue weighted by Gasteiger charge is 2.37. The van der Waals surface area contributed by atoms with E-state index in [9.17, 15) is 4.79 Å². The van der Waals surface area contributed by atoms with E-state index in [1.807, 2.05) is 0 Å². The summed E-state index contributed by atoms with van der Waals surface area (Å²) in [6, 6.07) is 8.74. The summed E-state index contributed by atoms with van der Waals surface area (Å²) in [6.07, 6.45) is 2.22. The Labute approximate surface area is 134 Å². The maximum atomic E-state index is 12.8. The molecule has 2 fully saturated rings. The van der Waals surface area contributed by atoms with Gasteiger partial charge in [0, 0.05) is 16.0 Å². The van der Waals surface area contributed by atoms with Gasteiger partial charge in [-0.3, -0.25) is 4.79 Å². The fourth-order valence-corrected chi connectivity index (χ4v) is 3.97. The summed E-state index contributed by atoms with van der Waals surface area (Å²) < 4.78 is 1.27. The molecule has 1 aromatic rings. The fourth-order valence-electron chi connectivity index (χ4n) is 3.23. The molecule has 0 aliphatic carbocycles. The molecule has 20 heavy (non-hydrogen) atoms. The van der Waals surface area contributed by atoms with Crippen molar-refractivity contribution in [2.24, 2.45) is 11.8 Å². The molecule has 1 N–H and O–H groups in total. The van der Waals surface area contributed by atoms with Crippen LogP contribution in [0.3, 0.4) is 0 Å². The topological polar surface area (TPSA) is 32.3 Å². The van der Waals surface area contributed by atoms with Crippen LogP contribution >= 0.6 is 22.6 Å². The van der Waals surface area contributed by atoms with E-state index < -0.39 is 0 Å². The molecule has 1 amide bonds. The number of carbonyl (C=O) groups excluding carboxylic acids is 1. The molecule has 3 rings (SSSR count).